The third-order valence-electron chi connectivity index (χ3n) is 9.83. The van der Waals surface area contributed by atoms with E-state index in [2.05, 4.69) is 34.4 Å². The summed E-state index contributed by atoms with van der Waals surface area (Å²) in [6.07, 6.45) is 3.84. The highest BCUT2D eigenvalue weighted by Gasteiger charge is 2.77. The number of nitrogens with one attached hydrogen (secondary N) is 1. The highest BCUT2D eigenvalue weighted by Crippen LogP contribution is 2.60. The lowest BCUT2D eigenvalue weighted by Gasteiger charge is -2.37. The number of hydrogen-bond donors (Lipinski definition) is 2. The van der Waals surface area contributed by atoms with Crippen molar-refractivity contribution in [3.05, 3.63) is 90.5 Å². The average molecular weight is 737 g/mol. The van der Waals surface area contributed by atoms with Crippen molar-refractivity contribution < 1.29 is 33.8 Å². The molecule has 3 fully saturated rings. The lowest BCUT2D eigenvalue weighted by molar-refractivity contribution is -0.160. The van der Waals surface area contributed by atoms with Crippen LogP contribution in [0, 0.1) is 25.7 Å². The van der Waals surface area contributed by atoms with Crippen LogP contribution in [0.4, 0.5) is 5.69 Å². The molecule has 3 saturated heterocycles. The molecule has 11 heteroatoms. The number of likely N-dealkylation sites (tertiary alicyclic amines) is 1. The minimum absolute atomic E-state index is 0.0478. The molecule has 3 aliphatic heterocycles. The van der Waals surface area contributed by atoms with E-state index in [-0.39, 0.29) is 55.2 Å². The number of rotatable bonds is 16. The molecule has 2 bridgehead atoms. The number of aryl methyl sites for hydroxylation is 2. The Morgan fingerprint density at radius 2 is 1.92 bits per heavy atom. The standard InChI is InChI=1S/C38H46BrN3O7/c1-5-7-15-30(44)40-23-29(26-13-9-8-10-14-26)48-37(47)31-32-35(45)42(19-11-12-20-43)34(38(32)22-27(39)33(31)49-38)36(46)41(18-6-2)28-21-24(3)16-17-25(28)4/h5-6,8-10,13-14,16-17,21,27,29,31-34,43H,1-2,7,11-12,15,18-20,22-23H2,3-4H3,(H,40,44)/t27?,29-,31+,32-,33+,34+,38-/m1/s1. The molecule has 262 valence electrons. The molecule has 3 aliphatic rings. The topological polar surface area (TPSA) is 125 Å². The molecule has 7 atom stereocenters. The second-order valence-electron chi connectivity index (χ2n) is 13.1. The van der Waals surface area contributed by atoms with Gasteiger partial charge in [0.05, 0.1) is 24.5 Å². The zero-order chi connectivity index (χ0) is 35.3. The van der Waals surface area contributed by atoms with Crippen molar-refractivity contribution in [1.29, 1.82) is 0 Å². The Bertz CT molecular complexity index is 1570. The summed E-state index contributed by atoms with van der Waals surface area (Å²) in [6, 6.07) is 14.0. The van der Waals surface area contributed by atoms with Crippen LogP contribution in [0.15, 0.2) is 73.8 Å². The summed E-state index contributed by atoms with van der Waals surface area (Å²) in [7, 11) is 0. The Kier molecular flexibility index (Phi) is 11.8. The fourth-order valence-corrected chi connectivity index (χ4v) is 8.49. The van der Waals surface area contributed by atoms with Gasteiger partial charge in [-0.1, -0.05) is 70.5 Å². The first-order chi connectivity index (χ1) is 23.6. The molecule has 1 spiro atoms. The molecule has 3 amide bonds. The number of esters is 1. The first kappa shape index (κ1) is 36.5. The molecular weight excluding hydrogens is 690 g/mol. The van der Waals surface area contributed by atoms with E-state index in [1.54, 1.807) is 22.0 Å². The maximum absolute atomic E-state index is 14.9. The van der Waals surface area contributed by atoms with Crippen LogP contribution in [0.5, 0.6) is 0 Å². The molecule has 2 aromatic carbocycles. The third-order valence-corrected chi connectivity index (χ3v) is 10.7. The Morgan fingerprint density at radius 3 is 2.61 bits per heavy atom. The van der Waals surface area contributed by atoms with Gasteiger partial charge in [0.2, 0.25) is 11.8 Å². The number of amides is 3. The zero-order valence-electron chi connectivity index (χ0n) is 28.2. The number of alkyl halides is 1. The molecule has 0 aromatic heterocycles. The zero-order valence-corrected chi connectivity index (χ0v) is 29.8. The molecule has 3 heterocycles. The molecular formula is C38H46BrN3O7. The number of aliphatic hydroxyl groups excluding tert-OH is 1. The summed E-state index contributed by atoms with van der Waals surface area (Å²) >= 11 is 3.73. The van der Waals surface area contributed by atoms with Gasteiger partial charge in [-0.2, -0.15) is 0 Å². The summed E-state index contributed by atoms with van der Waals surface area (Å²) in [5, 5.41) is 12.4. The Morgan fingerprint density at radius 1 is 1.16 bits per heavy atom. The fraction of sp³-hybridized carbons (Fsp3) is 0.474. The van der Waals surface area contributed by atoms with Gasteiger partial charge in [0.25, 0.3) is 5.91 Å². The van der Waals surface area contributed by atoms with Crippen LogP contribution in [0.1, 0.15) is 54.9 Å². The van der Waals surface area contributed by atoms with E-state index in [1.165, 1.54) is 0 Å². The number of benzene rings is 2. The highest BCUT2D eigenvalue weighted by molar-refractivity contribution is 9.09. The van der Waals surface area contributed by atoms with Gasteiger partial charge in [-0.05, 0) is 62.3 Å². The number of carbonyl (C=O) groups is 4. The highest BCUT2D eigenvalue weighted by atomic mass is 79.9. The van der Waals surface area contributed by atoms with E-state index >= 15 is 0 Å². The van der Waals surface area contributed by atoms with Crippen LogP contribution >= 0.6 is 15.9 Å². The molecule has 2 aromatic rings. The van der Waals surface area contributed by atoms with Gasteiger partial charge in [0, 0.05) is 36.6 Å². The molecule has 0 saturated carbocycles. The van der Waals surface area contributed by atoms with Crippen molar-refractivity contribution in [2.45, 2.75) is 74.6 Å². The van der Waals surface area contributed by atoms with Crippen molar-refractivity contribution in [1.82, 2.24) is 10.2 Å². The van der Waals surface area contributed by atoms with Gasteiger partial charge in [-0.25, -0.2) is 0 Å². The molecule has 2 N–H and O–H groups in total. The van der Waals surface area contributed by atoms with Crippen molar-refractivity contribution in [3.8, 4) is 0 Å². The normalized spacial score (nSPS) is 25.8. The Labute approximate surface area is 296 Å². The molecule has 10 nitrogen and oxygen atoms in total. The van der Waals surface area contributed by atoms with Crippen LogP contribution < -0.4 is 10.2 Å². The largest absolute Gasteiger partial charge is 0.455 e. The Balaban J connectivity index is 1.49. The molecule has 0 aliphatic carbocycles. The number of unbranched alkanes of at least 4 members (excludes halogenated alkanes) is 1. The molecule has 5 rings (SSSR count). The number of ether oxygens (including phenoxy) is 2. The number of fused-ring (bicyclic) bond motifs is 1. The van der Waals surface area contributed by atoms with Gasteiger partial charge in [0.1, 0.15) is 17.7 Å². The van der Waals surface area contributed by atoms with Crippen molar-refractivity contribution >= 4 is 45.3 Å². The maximum Gasteiger partial charge on any atom is 0.313 e. The number of halogens is 1. The Hall–Kier alpha value is -3.80. The van der Waals surface area contributed by atoms with Crippen LogP contribution in [0.2, 0.25) is 0 Å². The maximum atomic E-state index is 14.9. The second kappa shape index (κ2) is 15.8. The molecule has 1 unspecified atom stereocenters. The van der Waals surface area contributed by atoms with E-state index < -0.39 is 41.7 Å². The number of anilines is 1. The van der Waals surface area contributed by atoms with Gasteiger partial charge in [-0.3, -0.25) is 19.2 Å². The second-order valence-corrected chi connectivity index (χ2v) is 14.3. The first-order valence-electron chi connectivity index (χ1n) is 16.9. The average Bonchev–Trinajstić information content (AvgIpc) is 3.69. The van der Waals surface area contributed by atoms with Crippen molar-refractivity contribution in [2.24, 2.45) is 11.8 Å². The van der Waals surface area contributed by atoms with E-state index in [0.717, 1.165) is 11.1 Å². The number of allylic oxidation sites excluding steroid dienone is 1. The summed E-state index contributed by atoms with van der Waals surface area (Å²) in [4.78, 5) is 59.0. The van der Waals surface area contributed by atoms with Gasteiger partial charge < -0.3 is 29.7 Å². The van der Waals surface area contributed by atoms with Crippen LogP contribution in [-0.2, 0) is 28.7 Å². The van der Waals surface area contributed by atoms with Gasteiger partial charge in [0.15, 0.2) is 0 Å². The van der Waals surface area contributed by atoms with E-state index in [9.17, 15) is 24.3 Å². The van der Waals surface area contributed by atoms with E-state index in [0.29, 0.717) is 36.9 Å². The van der Waals surface area contributed by atoms with Crippen molar-refractivity contribution in [2.75, 3.05) is 31.1 Å². The van der Waals surface area contributed by atoms with Gasteiger partial charge in [-0.15, -0.1) is 13.2 Å². The predicted octanol–water partition coefficient (Wildman–Crippen LogP) is 4.71. The number of hydrogen-bond acceptors (Lipinski definition) is 7. The summed E-state index contributed by atoms with van der Waals surface area (Å²) in [5.74, 6) is -3.41. The lowest BCUT2D eigenvalue weighted by atomic mass is 9.70. The monoisotopic (exact) mass is 735 g/mol. The van der Waals surface area contributed by atoms with Crippen LogP contribution in [-0.4, -0.2) is 82.5 Å². The number of nitrogens with zero attached hydrogens (tertiary/aromatic N) is 2. The molecule has 49 heavy (non-hydrogen) atoms. The van der Waals surface area contributed by atoms with Gasteiger partial charge >= 0.3 is 5.97 Å². The minimum Gasteiger partial charge on any atom is -0.455 e. The predicted molar refractivity (Wildman–Crippen MR) is 190 cm³/mol. The number of aliphatic hydroxyl groups is 1. The SMILES string of the molecule is C=CCCC(=O)NC[C@@H](OC(=O)[C@@H]1[C@H]2O[C@@]3(CC2Br)[C@H](C(=O)N(CC=C)c2cc(C)ccc2C)N(CCCCO)C(=O)[C@@H]13)c1ccccc1. The lowest BCUT2D eigenvalue weighted by Crippen LogP contribution is -2.57. The van der Waals surface area contributed by atoms with Crippen LogP contribution in [0.25, 0.3) is 0 Å². The molecule has 0 radical (unpaired) electrons. The summed E-state index contributed by atoms with van der Waals surface area (Å²) in [6.45, 7) is 11.9. The quantitative estimate of drug-likeness (QED) is 0.111. The minimum atomic E-state index is -1.28. The summed E-state index contributed by atoms with van der Waals surface area (Å²) < 4.78 is 12.9. The third kappa shape index (κ3) is 7.25. The smallest absolute Gasteiger partial charge is 0.313 e. The summed E-state index contributed by atoms with van der Waals surface area (Å²) in [5.41, 5.74) is 2.00. The fourth-order valence-electron chi connectivity index (χ4n) is 7.55. The number of carbonyl (C=O) groups excluding carboxylic acids is 4. The van der Waals surface area contributed by atoms with E-state index in [1.807, 2.05) is 62.4 Å². The first-order valence-corrected chi connectivity index (χ1v) is 17.8. The van der Waals surface area contributed by atoms with E-state index in [4.69, 9.17) is 9.47 Å². The van der Waals surface area contributed by atoms with Crippen molar-refractivity contribution in [3.63, 3.8) is 0 Å². The van der Waals surface area contributed by atoms with Crippen LogP contribution in [0.3, 0.4) is 0 Å².